The van der Waals surface area contributed by atoms with Crippen LogP contribution in [0.3, 0.4) is 0 Å². The minimum absolute atomic E-state index is 0. The first-order valence-corrected chi connectivity index (χ1v) is 8.83. The van der Waals surface area contributed by atoms with Crippen LogP contribution in [0.5, 0.6) is 0 Å². The molecule has 0 saturated carbocycles. The van der Waals surface area contributed by atoms with Crippen molar-refractivity contribution in [2.24, 2.45) is 5.92 Å². The summed E-state index contributed by atoms with van der Waals surface area (Å²) < 4.78 is 5.63. The molecule has 1 aliphatic heterocycles. The Kier molecular flexibility index (Phi) is 12.1. The molecule has 0 spiro atoms. The summed E-state index contributed by atoms with van der Waals surface area (Å²) in [5.41, 5.74) is 0.711. The topological polar surface area (TPSA) is 90.8 Å². The van der Waals surface area contributed by atoms with Crippen LogP contribution in [0, 0.1) is 5.92 Å². The fourth-order valence-corrected chi connectivity index (χ4v) is 2.22. The fourth-order valence-electron chi connectivity index (χ4n) is 2.22. The SMILES string of the molecule is CC.CC(C)(O)O.CNC[C@@H]1C[C@H](CNC(=O)c2ccccc2)CO1.[HH].[HH]. The van der Waals surface area contributed by atoms with Crippen LogP contribution in [-0.2, 0) is 4.74 Å². The van der Waals surface area contributed by atoms with E-state index in [1.807, 2.05) is 51.2 Å². The Labute approximate surface area is 154 Å². The Morgan fingerprint density at radius 1 is 1.24 bits per heavy atom. The van der Waals surface area contributed by atoms with E-state index in [2.05, 4.69) is 10.6 Å². The van der Waals surface area contributed by atoms with Crippen molar-refractivity contribution in [2.45, 2.75) is 46.0 Å². The number of likely N-dealkylation sites (N-methyl/N-ethyl adjacent to an activating group) is 1. The molecule has 1 fully saturated rings. The first-order chi connectivity index (χ1) is 11.8. The van der Waals surface area contributed by atoms with Gasteiger partial charge in [-0.05, 0) is 39.4 Å². The van der Waals surface area contributed by atoms with E-state index < -0.39 is 5.79 Å². The summed E-state index contributed by atoms with van der Waals surface area (Å²) in [6.45, 7) is 8.90. The standard InChI is InChI=1S/C14H20N2O2.C3H8O2.C2H6.2H2/c1-15-9-13-7-11(10-18-13)8-16-14(17)12-5-3-2-4-6-12;1-3(2,4)5;1-2;;/h2-6,11,13,15H,7-10H2,1H3,(H,16,17);4-5H,1-2H3;1-2H3;2*1H/t11-,13+;;;;/m1..../s1. The maximum atomic E-state index is 11.8. The van der Waals surface area contributed by atoms with Gasteiger partial charge in [0.25, 0.3) is 5.91 Å². The molecule has 0 unspecified atom stereocenters. The molecule has 25 heavy (non-hydrogen) atoms. The van der Waals surface area contributed by atoms with E-state index in [1.165, 1.54) is 13.8 Å². The Balaban J connectivity index is -0.000000560. The van der Waals surface area contributed by atoms with E-state index in [-0.39, 0.29) is 14.9 Å². The molecule has 2 rings (SSSR count). The zero-order valence-electron chi connectivity index (χ0n) is 16.1. The summed E-state index contributed by atoms with van der Waals surface area (Å²) >= 11 is 0. The smallest absolute Gasteiger partial charge is 0.251 e. The highest BCUT2D eigenvalue weighted by molar-refractivity contribution is 5.94. The predicted octanol–water partition coefficient (Wildman–Crippen LogP) is 2.27. The highest BCUT2D eigenvalue weighted by atomic mass is 16.5. The second-order valence-corrected chi connectivity index (χ2v) is 6.19. The molecule has 1 amide bonds. The van der Waals surface area contributed by atoms with E-state index in [4.69, 9.17) is 14.9 Å². The van der Waals surface area contributed by atoms with Crippen molar-refractivity contribution in [3.8, 4) is 0 Å². The van der Waals surface area contributed by atoms with Crippen LogP contribution in [0.1, 0.15) is 47.3 Å². The third-order valence-corrected chi connectivity index (χ3v) is 3.18. The number of amides is 1. The number of benzene rings is 1. The summed E-state index contributed by atoms with van der Waals surface area (Å²) in [4.78, 5) is 11.8. The normalized spacial score (nSPS) is 19.2. The van der Waals surface area contributed by atoms with Crippen LogP contribution in [-0.4, -0.2) is 54.8 Å². The molecule has 0 aromatic heterocycles. The lowest BCUT2D eigenvalue weighted by molar-refractivity contribution is -0.127. The van der Waals surface area contributed by atoms with Crippen LogP contribution in [0.15, 0.2) is 30.3 Å². The second kappa shape index (κ2) is 12.8. The third kappa shape index (κ3) is 12.5. The molecule has 0 bridgehead atoms. The molecular formula is C19H38N2O4. The van der Waals surface area contributed by atoms with Crippen LogP contribution < -0.4 is 10.6 Å². The molecule has 4 N–H and O–H groups in total. The zero-order valence-corrected chi connectivity index (χ0v) is 16.1. The number of aliphatic hydroxyl groups is 2. The number of carbonyl (C=O) groups is 1. The minimum atomic E-state index is -1.50. The molecule has 1 aromatic rings. The maximum Gasteiger partial charge on any atom is 0.251 e. The van der Waals surface area contributed by atoms with Crippen LogP contribution in [0.25, 0.3) is 0 Å². The molecule has 0 radical (unpaired) electrons. The summed E-state index contributed by atoms with van der Waals surface area (Å²) in [5.74, 6) is -1.08. The number of carbonyl (C=O) groups excluding carboxylic acids is 1. The number of hydrogen-bond acceptors (Lipinski definition) is 5. The van der Waals surface area contributed by atoms with Gasteiger partial charge in [0.15, 0.2) is 5.79 Å². The van der Waals surface area contributed by atoms with Crippen LogP contribution in [0.2, 0.25) is 0 Å². The molecule has 2 atom stereocenters. The molecule has 6 nitrogen and oxygen atoms in total. The van der Waals surface area contributed by atoms with Gasteiger partial charge >= 0.3 is 0 Å². The molecule has 1 saturated heterocycles. The lowest BCUT2D eigenvalue weighted by atomic mass is 10.1. The molecule has 1 aliphatic rings. The van der Waals surface area contributed by atoms with Crippen LogP contribution >= 0.6 is 0 Å². The fraction of sp³-hybridized carbons (Fsp3) is 0.632. The van der Waals surface area contributed by atoms with Gasteiger partial charge in [-0.1, -0.05) is 32.0 Å². The number of nitrogens with one attached hydrogen (secondary N) is 2. The lowest BCUT2D eigenvalue weighted by Gasteiger charge is -2.10. The van der Waals surface area contributed by atoms with Gasteiger partial charge in [0.05, 0.1) is 12.7 Å². The summed E-state index contributed by atoms with van der Waals surface area (Å²) in [6, 6.07) is 9.30. The highest BCUT2D eigenvalue weighted by Gasteiger charge is 2.25. The van der Waals surface area contributed by atoms with E-state index in [0.717, 1.165) is 19.6 Å². The quantitative estimate of drug-likeness (QED) is 0.606. The van der Waals surface area contributed by atoms with Crippen LogP contribution in [0.4, 0.5) is 0 Å². The second-order valence-electron chi connectivity index (χ2n) is 6.19. The van der Waals surface area contributed by atoms with E-state index in [1.54, 1.807) is 0 Å². The van der Waals surface area contributed by atoms with Crippen molar-refractivity contribution in [2.75, 3.05) is 26.7 Å². The average Bonchev–Trinajstić information content (AvgIpc) is 3.02. The van der Waals surface area contributed by atoms with Gasteiger partial charge in [-0.2, -0.15) is 0 Å². The Morgan fingerprint density at radius 3 is 2.32 bits per heavy atom. The van der Waals surface area contributed by atoms with Crippen molar-refractivity contribution >= 4 is 5.91 Å². The van der Waals surface area contributed by atoms with E-state index in [9.17, 15) is 4.79 Å². The van der Waals surface area contributed by atoms with Gasteiger partial charge in [0.1, 0.15) is 0 Å². The minimum Gasteiger partial charge on any atom is -0.377 e. The van der Waals surface area contributed by atoms with Crippen molar-refractivity contribution in [1.29, 1.82) is 0 Å². The number of rotatable bonds is 5. The summed E-state index contributed by atoms with van der Waals surface area (Å²) in [7, 11) is 1.92. The Bertz CT molecular complexity index is 465. The number of hydrogen-bond donors (Lipinski definition) is 4. The predicted molar refractivity (Wildman–Crippen MR) is 105 cm³/mol. The molecule has 0 aliphatic carbocycles. The molecule has 1 aromatic carbocycles. The Hall–Kier alpha value is -1.47. The number of ether oxygens (including phenoxy) is 1. The highest BCUT2D eigenvalue weighted by Crippen LogP contribution is 2.18. The lowest BCUT2D eigenvalue weighted by Crippen LogP contribution is -2.30. The third-order valence-electron chi connectivity index (χ3n) is 3.18. The first kappa shape index (κ1) is 23.5. The largest absolute Gasteiger partial charge is 0.377 e. The van der Waals surface area contributed by atoms with Gasteiger partial charge in [-0.3, -0.25) is 4.79 Å². The van der Waals surface area contributed by atoms with Gasteiger partial charge in [-0.15, -0.1) is 0 Å². The maximum absolute atomic E-state index is 11.8. The first-order valence-electron chi connectivity index (χ1n) is 8.83. The van der Waals surface area contributed by atoms with Crippen molar-refractivity contribution < 1.29 is 22.6 Å². The van der Waals surface area contributed by atoms with E-state index >= 15 is 0 Å². The van der Waals surface area contributed by atoms with Gasteiger partial charge in [-0.25, -0.2) is 0 Å². The molecule has 6 heteroatoms. The van der Waals surface area contributed by atoms with Gasteiger partial charge in [0.2, 0.25) is 0 Å². The Morgan fingerprint density at radius 2 is 1.80 bits per heavy atom. The van der Waals surface area contributed by atoms with Gasteiger partial charge in [0, 0.05) is 27.4 Å². The van der Waals surface area contributed by atoms with Gasteiger partial charge < -0.3 is 25.6 Å². The van der Waals surface area contributed by atoms with E-state index in [0.29, 0.717) is 18.0 Å². The van der Waals surface area contributed by atoms with Crippen molar-refractivity contribution in [1.82, 2.24) is 10.6 Å². The molecule has 148 valence electrons. The summed E-state index contributed by atoms with van der Waals surface area (Å²) in [6.07, 6.45) is 1.30. The van der Waals surface area contributed by atoms with Crippen molar-refractivity contribution in [3.63, 3.8) is 0 Å². The average molecular weight is 359 g/mol. The monoisotopic (exact) mass is 358 g/mol. The molecular weight excluding hydrogens is 320 g/mol. The van der Waals surface area contributed by atoms with Crippen molar-refractivity contribution in [3.05, 3.63) is 35.9 Å². The zero-order chi connectivity index (χ0) is 19.3. The molecule has 1 heterocycles. The summed E-state index contributed by atoms with van der Waals surface area (Å²) in [5, 5.41) is 22.2.